The normalized spacial score (nSPS) is 10.0. The van der Waals surface area contributed by atoms with Gasteiger partial charge in [-0.1, -0.05) is 0 Å². The monoisotopic (exact) mass is 414 g/mol. The van der Waals surface area contributed by atoms with Crippen LogP contribution in [-0.4, -0.2) is 32.2 Å². The number of rotatable bonds is 8. The van der Waals surface area contributed by atoms with E-state index in [1.807, 2.05) is 38.3 Å². The van der Waals surface area contributed by atoms with Gasteiger partial charge in [0.05, 0.1) is 19.3 Å². The molecule has 0 spiro atoms. The Morgan fingerprint density at radius 3 is 2.41 bits per heavy atom. The van der Waals surface area contributed by atoms with Crippen LogP contribution in [0.1, 0.15) is 28.4 Å². The van der Waals surface area contributed by atoms with Gasteiger partial charge in [-0.25, -0.2) is 4.79 Å². The number of carbonyl (C=O) groups is 2. The first-order chi connectivity index (χ1) is 13.9. The molecule has 2 aromatic rings. The molecule has 1 amide bonds. The smallest absolute Gasteiger partial charge is 0.338 e. The van der Waals surface area contributed by atoms with Crippen LogP contribution >= 0.6 is 11.8 Å². The van der Waals surface area contributed by atoms with E-state index in [-0.39, 0.29) is 5.56 Å². The van der Waals surface area contributed by atoms with Crippen LogP contribution in [0.4, 0.5) is 5.69 Å². The first-order valence-corrected chi connectivity index (χ1v) is 9.66. The lowest BCUT2D eigenvalue weighted by Crippen LogP contribution is -2.22. The second kappa shape index (κ2) is 10.4. The third-order valence-corrected chi connectivity index (χ3v) is 4.53. The van der Waals surface area contributed by atoms with Crippen molar-refractivity contribution in [2.75, 3.05) is 25.6 Å². The number of hydrogen-bond donors (Lipinski definition) is 1. The number of hydrogen-bond acceptors (Lipinski definition) is 7. The Morgan fingerprint density at radius 2 is 1.83 bits per heavy atom. The summed E-state index contributed by atoms with van der Waals surface area (Å²) >= 11 is 1.05. The molecule has 0 aliphatic rings. The molecule has 1 N–H and O–H groups in total. The molecule has 8 heteroatoms. The van der Waals surface area contributed by atoms with Gasteiger partial charge in [-0.3, -0.25) is 4.79 Å². The number of nitrogens with zero attached hydrogens (tertiary/aromatic N) is 1. The molecule has 152 valence electrons. The zero-order chi connectivity index (χ0) is 21.4. The number of methoxy groups -OCH3 is 1. The summed E-state index contributed by atoms with van der Waals surface area (Å²) in [6.07, 6.45) is 0. The number of amides is 1. The molecule has 29 heavy (non-hydrogen) atoms. The summed E-state index contributed by atoms with van der Waals surface area (Å²) in [5.74, 6) is -0.165. The summed E-state index contributed by atoms with van der Waals surface area (Å²) in [4.78, 5) is 25.3. The summed E-state index contributed by atoms with van der Waals surface area (Å²) in [6, 6.07) is 8.29. The maximum absolute atomic E-state index is 12.3. The predicted octanol–water partition coefficient (Wildman–Crippen LogP) is 4.08. The Kier molecular flexibility index (Phi) is 7.92. The molecule has 0 heterocycles. The maximum Gasteiger partial charge on any atom is 0.338 e. The lowest BCUT2D eigenvalue weighted by Gasteiger charge is -2.13. The number of anilines is 1. The van der Waals surface area contributed by atoms with Crippen LogP contribution in [0.25, 0.3) is 0 Å². The van der Waals surface area contributed by atoms with E-state index in [4.69, 9.17) is 19.5 Å². The summed E-state index contributed by atoms with van der Waals surface area (Å²) in [6.45, 7) is 5.49. The van der Waals surface area contributed by atoms with Gasteiger partial charge in [0.1, 0.15) is 5.40 Å². The molecule has 0 saturated heterocycles. The molecule has 0 aromatic heterocycles. The van der Waals surface area contributed by atoms with Crippen molar-refractivity contribution < 1.29 is 23.8 Å². The number of ether oxygens (including phenoxy) is 3. The molecule has 0 bridgehead atoms. The molecule has 0 aliphatic carbocycles. The van der Waals surface area contributed by atoms with Gasteiger partial charge >= 0.3 is 5.97 Å². The highest BCUT2D eigenvalue weighted by Crippen LogP contribution is 2.29. The van der Waals surface area contributed by atoms with E-state index in [9.17, 15) is 9.59 Å². The molecule has 2 rings (SSSR count). The van der Waals surface area contributed by atoms with Crippen molar-refractivity contribution in [2.24, 2.45) is 0 Å². The predicted molar refractivity (Wildman–Crippen MR) is 110 cm³/mol. The zero-order valence-electron chi connectivity index (χ0n) is 16.7. The number of nitriles is 1. The van der Waals surface area contributed by atoms with E-state index in [1.54, 1.807) is 12.1 Å². The minimum atomic E-state index is -0.641. The Labute approximate surface area is 174 Å². The van der Waals surface area contributed by atoms with Gasteiger partial charge in [0.2, 0.25) is 0 Å². The van der Waals surface area contributed by atoms with E-state index >= 15 is 0 Å². The average Bonchev–Trinajstić information content (AvgIpc) is 2.69. The van der Waals surface area contributed by atoms with E-state index < -0.39 is 18.5 Å². The molecule has 0 atom stereocenters. The number of benzene rings is 2. The largest absolute Gasteiger partial charge is 0.493 e. The third-order valence-electron chi connectivity index (χ3n) is 3.97. The van der Waals surface area contributed by atoms with Gasteiger partial charge in [0.25, 0.3) is 5.91 Å². The van der Waals surface area contributed by atoms with Crippen molar-refractivity contribution in [2.45, 2.75) is 25.7 Å². The summed E-state index contributed by atoms with van der Waals surface area (Å²) in [5, 5.41) is 13.6. The molecule has 2 aromatic carbocycles. The number of thioether (sulfide) groups is 1. The number of esters is 1. The van der Waals surface area contributed by atoms with Crippen LogP contribution in [0.15, 0.2) is 35.2 Å². The number of carbonyl (C=O) groups excluding carboxylic acids is 2. The summed E-state index contributed by atoms with van der Waals surface area (Å²) in [5.41, 5.74) is 2.53. The standard InChI is InChI=1S/C21H22N2O5S/c1-5-27-18-10-15(6-7-17(18)26-4)21(25)28-11-19(24)23-20-13(2)8-16(29-12-22)9-14(20)3/h6-10H,5,11H2,1-4H3,(H,23,24). The number of thiocyanates is 1. The van der Waals surface area contributed by atoms with Gasteiger partial charge in [-0.2, -0.15) is 5.26 Å². The molecule has 0 unspecified atom stereocenters. The highest BCUT2D eigenvalue weighted by atomic mass is 32.2. The summed E-state index contributed by atoms with van der Waals surface area (Å²) < 4.78 is 15.7. The minimum absolute atomic E-state index is 0.257. The molecule has 7 nitrogen and oxygen atoms in total. The van der Waals surface area contributed by atoms with Crippen LogP contribution in [0.5, 0.6) is 11.5 Å². The Morgan fingerprint density at radius 1 is 1.14 bits per heavy atom. The fourth-order valence-electron chi connectivity index (χ4n) is 2.69. The zero-order valence-corrected chi connectivity index (χ0v) is 17.5. The Bertz CT molecular complexity index is 930. The van der Waals surface area contributed by atoms with Crippen molar-refractivity contribution in [1.29, 1.82) is 5.26 Å². The van der Waals surface area contributed by atoms with Crippen LogP contribution in [0.3, 0.4) is 0 Å². The van der Waals surface area contributed by atoms with Gasteiger partial charge in [0.15, 0.2) is 18.1 Å². The molecule has 0 radical (unpaired) electrons. The number of nitrogens with one attached hydrogen (secondary N) is 1. The molecular formula is C21H22N2O5S. The second-order valence-electron chi connectivity index (χ2n) is 6.05. The fraction of sp³-hybridized carbons (Fsp3) is 0.286. The van der Waals surface area contributed by atoms with E-state index in [2.05, 4.69) is 5.32 Å². The van der Waals surface area contributed by atoms with Crippen molar-refractivity contribution in [3.05, 3.63) is 47.0 Å². The first kappa shape index (κ1) is 22.1. The van der Waals surface area contributed by atoms with Crippen molar-refractivity contribution >= 4 is 29.3 Å². The summed E-state index contributed by atoms with van der Waals surface area (Å²) in [7, 11) is 1.51. The highest BCUT2D eigenvalue weighted by molar-refractivity contribution is 8.03. The molecule has 0 fully saturated rings. The highest BCUT2D eigenvalue weighted by Gasteiger charge is 2.15. The van der Waals surface area contributed by atoms with Crippen LogP contribution < -0.4 is 14.8 Å². The Balaban J connectivity index is 2.02. The lowest BCUT2D eigenvalue weighted by atomic mass is 10.1. The fourth-order valence-corrected chi connectivity index (χ4v) is 3.27. The Hall–Kier alpha value is -3.18. The van der Waals surface area contributed by atoms with Crippen molar-refractivity contribution in [3.8, 4) is 16.9 Å². The van der Waals surface area contributed by atoms with E-state index in [1.165, 1.54) is 13.2 Å². The molecular weight excluding hydrogens is 392 g/mol. The van der Waals surface area contributed by atoms with Crippen LogP contribution in [0.2, 0.25) is 0 Å². The van der Waals surface area contributed by atoms with E-state index in [0.29, 0.717) is 23.8 Å². The van der Waals surface area contributed by atoms with Gasteiger partial charge in [-0.15, -0.1) is 0 Å². The third kappa shape index (κ3) is 5.90. The van der Waals surface area contributed by atoms with Crippen molar-refractivity contribution in [1.82, 2.24) is 0 Å². The lowest BCUT2D eigenvalue weighted by molar-refractivity contribution is -0.119. The molecule has 0 aliphatic heterocycles. The van der Waals surface area contributed by atoms with Gasteiger partial charge in [-0.05, 0) is 74.0 Å². The second-order valence-corrected chi connectivity index (χ2v) is 6.91. The average molecular weight is 414 g/mol. The van der Waals surface area contributed by atoms with Crippen LogP contribution in [0, 0.1) is 24.5 Å². The van der Waals surface area contributed by atoms with Gasteiger partial charge < -0.3 is 19.5 Å². The number of aryl methyl sites for hydroxylation is 2. The first-order valence-electron chi connectivity index (χ1n) is 8.84. The SMILES string of the molecule is CCOc1cc(C(=O)OCC(=O)Nc2c(C)cc(SC#N)cc2C)ccc1OC. The maximum atomic E-state index is 12.3. The van der Waals surface area contributed by atoms with Gasteiger partial charge in [0, 0.05) is 10.6 Å². The van der Waals surface area contributed by atoms with Crippen LogP contribution in [-0.2, 0) is 9.53 Å². The molecule has 0 saturated carbocycles. The quantitative estimate of drug-likeness (QED) is 0.395. The minimum Gasteiger partial charge on any atom is -0.493 e. The van der Waals surface area contributed by atoms with E-state index in [0.717, 1.165) is 27.8 Å². The van der Waals surface area contributed by atoms with Crippen molar-refractivity contribution in [3.63, 3.8) is 0 Å². The topological polar surface area (TPSA) is 97.6 Å².